The van der Waals surface area contributed by atoms with Gasteiger partial charge in [0.15, 0.2) is 11.0 Å². The Hall–Kier alpha value is -3.46. The third kappa shape index (κ3) is 5.32. The van der Waals surface area contributed by atoms with Gasteiger partial charge in [0, 0.05) is 30.2 Å². The Kier molecular flexibility index (Phi) is 7.34. The number of nitrogens with one attached hydrogen (secondary N) is 1. The van der Waals surface area contributed by atoms with Crippen LogP contribution in [0.2, 0.25) is 0 Å². The molecule has 2 aromatic heterocycles. The Morgan fingerprint density at radius 2 is 1.90 bits per heavy atom. The predicted molar refractivity (Wildman–Crippen MR) is 115 cm³/mol. The van der Waals surface area contributed by atoms with Gasteiger partial charge in [-0.25, -0.2) is 4.79 Å². The third-order valence-corrected chi connectivity index (χ3v) is 4.95. The predicted octanol–water partition coefficient (Wildman–Crippen LogP) is 3.43. The summed E-state index contributed by atoms with van der Waals surface area (Å²) >= 11 is 1.28. The fourth-order valence-corrected chi connectivity index (χ4v) is 3.38. The molecule has 0 aliphatic rings. The monoisotopic (exact) mass is 423 g/mol. The van der Waals surface area contributed by atoms with E-state index in [1.165, 1.54) is 11.8 Å². The highest BCUT2D eigenvalue weighted by Crippen LogP contribution is 2.24. The first-order chi connectivity index (χ1) is 14.6. The average Bonchev–Trinajstić information content (AvgIpc) is 3.16. The number of esters is 1. The van der Waals surface area contributed by atoms with E-state index in [1.54, 1.807) is 49.7 Å². The van der Waals surface area contributed by atoms with Crippen molar-refractivity contribution in [3.05, 3.63) is 67.0 Å². The molecule has 1 amide bonds. The molecule has 0 saturated carbocycles. The van der Waals surface area contributed by atoms with Crippen LogP contribution in [-0.4, -0.2) is 44.0 Å². The van der Waals surface area contributed by atoms with E-state index in [-0.39, 0.29) is 11.7 Å². The van der Waals surface area contributed by atoms with Crippen molar-refractivity contribution in [2.24, 2.45) is 0 Å². The smallest absolute Gasteiger partial charge is 0.338 e. The molecule has 154 valence electrons. The lowest BCUT2D eigenvalue weighted by molar-refractivity contribution is -0.113. The molecule has 9 heteroatoms. The lowest BCUT2D eigenvalue weighted by Gasteiger charge is -2.08. The topological polar surface area (TPSA) is 99.0 Å². The highest BCUT2D eigenvalue weighted by Gasteiger charge is 2.15. The van der Waals surface area contributed by atoms with Crippen molar-refractivity contribution in [1.82, 2.24) is 19.7 Å². The highest BCUT2D eigenvalue weighted by molar-refractivity contribution is 7.99. The van der Waals surface area contributed by atoms with Gasteiger partial charge in [0.1, 0.15) is 0 Å². The number of aromatic nitrogens is 4. The molecule has 1 N–H and O–H groups in total. The van der Waals surface area contributed by atoms with E-state index in [0.29, 0.717) is 35.4 Å². The van der Waals surface area contributed by atoms with Gasteiger partial charge in [-0.15, -0.1) is 16.8 Å². The molecule has 0 bridgehead atoms. The van der Waals surface area contributed by atoms with Crippen LogP contribution in [0.1, 0.15) is 17.3 Å². The number of amides is 1. The molecule has 0 fully saturated rings. The Balaban J connectivity index is 1.63. The minimum absolute atomic E-state index is 0.158. The molecule has 0 atom stereocenters. The molecule has 2 heterocycles. The Labute approximate surface area is 178 Å². The molecule has 0 saturated heterocycles. The van der Waals surface area contributed by atoms with Crippen molar-refractivity contribution in [1.29, 1.82) is 0 Å². The average molecular weight is 423 g/mol. The van der Waals surface area contributed by atoms with E-state index in [9.17, 15) is 9.59 Å². The van der Waals surface area contributed by atoms with Crippen LogP contribution in [0.15, 0.2) is 66.6 Å². The minimum Gasteiger partial charge on any atom is -0.462 e. The fourth-order valence-electron chi connectivity index (χ4n) is 2.63. The van der Waals surface area contributed by atoms with Gasteiger partial charge >= 0.3 is 5.97 Å². The molecule has 0 aliphatic carbocycles. The van der Waals surface area contributed by atoms with E-state index in [1.807, 2.05) is 16.7 Å². The van der Waals surface area contributed by atoms with Crippen molar-refractivity contribution < 1.29 is 14.3 Å². The third-order valence-electron chi connectivity index (χ3n) is 3.98. The van der Waals surface area contributed by atoms with E-state index in [4.69, 9.17) is 4.74 Å². The summed E-state index contributed by atoms with van der Waals surface area (Å²) in [6.45, 7) is 6.36. The van der Waals surface area contributed by atoms with Gasteiger partial charge in [-0.05, 0) is 43.3 Å². The van der Waals surface area contributed by atoms with E-state index in [2.05, 4.69) is 27.1 Å². The fraction of sp³-hybridized carbons (Fsp3) is 0.190. The molecule has 8 nitrogen and oxygen atoms in total. The summed E-state index contributed by atoms with van der Waals surface area (Å²) in [5, 5.41) is 11.9. The van der Waals surface area contributed by atoms with Crippen molar-refractivity contribution >= 4 is 29.3 Å². The quantitative estimate of drug-likeness (QED) is 0.320. The van der Waals surface area contributed by atoms with Gasteiger partial charge in [-0.2, -0.15) is 0 Å². The minimum atomic E-state index is -0.391. The SMILES string of the molecule is C=CCn1c(SCC(=O)Nc2ccc(C(=O)OCC)cc2)nnc1-c1ccncc1. The van der Waals surface area contributed by atoms with Crippen molar-refractivity contribution in [3.63, 3.8) is 0 Å². The van der Waals surface area contributed by atoms with Crippen LogP contribution >= 0.6 is 11.8 Å². The zero-order valence-electron chi connectivity index (χ0n) is 16.4. The molecule has 30 heavy (non-hydrogen) atoms. The van der Waals surface area contributed by atoms with Crippen LogP contribution in [0.3, 0.4) is 0 Å². The molecule has 0 spiro atoms. The molecule has 0 unspecified atom stereocenters. The molecule has 3 aromatic rings. The van der Waals surface area contributed by atoms with E-state index in [0.717, 1.165) is 5.56 Å². The first-order valence-corrected chi connectivity index (χ1v) is 10.2. The number of carbonyl (C=O) groups excluding carboxylic acids is 2. The van der Waals surface area contributed by atoms with Crippen LogP contribution in [0.5, 0.6) is 0 Å². The second-order valence-corrected chi connectivity index (χ2v) is 7.02. The van der Waals surface area contributed by atoms with Crippen molar-refractivity contribution in [2.45, 2.75) is 18.6 Å². The van der Waals surface area contributed by atoms with Gasteiger partial charge in [-0.3, -0.25) is 14.3 Å². The number of anilines is 1. The molecule has 3 rings (SSSR count). The Morgan fingerprint density at radius 1 is 1.17 bits per heavy atom. The van der Waals surface area contributed by atoms with Gasteiger partial charge in [0.05, 0.1) is 17.9 Å². The summed E-state index contributed by atoms with van der Waals surface area (Å²) in [7, 11) is 0. The molecule has 0 radical (unpaired) electrons. The standard InChI is InChI=1S/C21H21N5O3S/c1-3-13-26-19(15-9-11-22-12-10-15)24-25-21(26)30-14-18(27)23-17-7-5-16(6-8-17)20(28)29-4-2/h3,5-12H,1,4,13-14H2,2H3,(H,23,27). The summed E-state index contributed by atoms with van der Waals surface area (Å²) in [5.41, 5.74) is 1.92. The number of allylic oxidation sites excluding steroid dienone is 1. The van der Waals surface area contributed by atoms with Gasteiger partial charge in [0.2, 0.25) is 5.91 Å². The first-order valence-electron chi connectivity index (χ1n) is 9.26. The second-order valence-electron chi connectivity index (χ2n) is 6.08. The van der Waals surface area contributed by atoms with Crippen LogP contribution in [-0.2, 0) is 16.1 Å². The van der Waals surface area contributed by atoms with Gasteiger partial charge in [0.25, 0.3) is 0 Å². The summed E-state index contributed by atoms with van der Waals surface area (Å²) < 4.78 is 6.84. The first kappa shape index (κ1) is 21.3. The number of benzene rings is 1. The largest absolute Gasteiger partial charge is 0.462 e. The normalized spacial score (nSPS) is 10.4. The number of carbonyl (C=O) groups is 2. The highest BCUT2D eigenvalue weighted by atomic mass is 32.2. The summed E-state index contributed by atoms with van der Waals surface area (Å²) in [6, 6.07) is 10.3. The number of ether oxygens (including phenoxy) is 1. The molecule has 0 aliphatic heterocycles. The number of rotatable bonds is 9. The summed E-state index contributed by atoms with van der Waals surface area (Å²) in [4.78, 5) is 28.0. The second kappa shape index (κ2) is 10.4. The zero-order valence-corrected chi connectivity index (χ0v) is 17.3. The van der Waals surface area contributed by atoms with E-state index < -0.39 is 5.97 Å². The van der Waals surface area contributed by atoms with Crippen molar-refractivity contribution in [2.75, 3.05) is 17.7 Å². The Bertz CT molecular complexity index is 1020. The molecular formula is C21H21N5O3S. The van der Waals surface area contributed by atoms with Gasteiger partial charge in [-0.1, -0.05) is 17.8 Å². The molecule has 1 aromatic carbocycles. The maximum Gasteiger partial charge on any atom is 0.338 e. The maximum atomic E-state index is 12.3. The lowest BCUT2D eigenvalue weighted by Crippen LogP contribution is -2.15. The summed E-state index contributed by atoms with van der Waals surface area (Å²) in [5.74, 6) is 0.264. The number of hydrogen-bond acceptors (Lipinski definition) is 7. The molecular weight excluding hydrogens is 402 g/mol. The van der Waals surface area contributed by atoms with E-state index >= 15 is 0 Å². The Morgan fingerprint density at radius 3 is 2.57 bits per heavy atom. The van der Waals surface area contributed by atoms with Crippen LogP contribution in [0.4, 0.5) is 5.69 Å². The number of thioether (sulfide) groups is 1. The number of nitrogens with zero attached hydrogens (tertiary/aromatic N) is 4. The van der Waals surface area contributed by atoms with Crippen LogP contribution in [0, 0.1) is 0 Å². The number of pyridine rings is 1. The zero-order chi connectivity index (χ0) is 21.3. The van der Waals surface area contributed by atoms with Crippen LogP contribution < -0.4 is 5.32 Å². The maximum absolute atomic E-state index is 12.3. The lowest BCUT2D eigenvalue weighted by atomic mass is 10.2. The van der Waals surface area contributed by atoms with Crippen LogP contribution in [0.25, 0.3) is 11.4 Å². The summed E-state index contributed by atoms with van der Waals surface area (Å²) in [6.07, 6.45) is 5.13. The van der Waals surface area contributed by atoms with Crippen molar-refractivity contribution in [3.8, 4) is 11.4 Å². The number of hydrogen-bond donors (Lipinski definition) is 1. The van der Waals surface area contributed by atoms with Gasteiger partial charge < -0.3 is 10.1 Å².